The minimum absolute atomic E-state index is 0.190. The van der Waals surface area contributed by atoms with Crippen molar-refractivity contribution in [1.29, 1.82) is 0 Å². The summed E-state index contributed by atoms with van der Waals surface area (Å²) in [5, 5.41) is 5.82. The van der Waals surface area contributed by atoms with E-state index in [4.69, 9.17) is 4.74 Å². The Morgan fingerprint density at radius 3 is 2.36 bits per heavy atom. The predicted octanol–water partition coefficient (Wildman–Crippen LogP) is 4.63. The minimum atomic E-state index is -3.82. The van der Waals surface area contributed by atoms with Crippen LogP contribution >= 0.6 is 0 Å². The molecule has 2 heterocycles. The van der Waals surface area contributed by atoms with Crippen LogP contribution in [0.3, 0.4) is 0 Å². The van der Waals surface area contributed by atoms with Gasteiger partial charge in [-0.15, -0.1) is 6.58 Å². The highest BCUT2D eigenvalue weighted by Gasteiger charge is 2.62. The van der Waals surface area contributed by atoms with Gasteiger partial charge in [0.15, 0.2) is 0 Å². The van der Waals surface area contributed by atoms with Gasteiger partial charge in [-0.25, -0.2) is 8.42 Å². The normalized spacial score (nSPS) is 28.0. The van der Waals surface area contributed by atoms with Crippen LogP contribution in [0.5, 0.6) is 0 Å². The van der Waals surface area contributed by atoms with E-state index in [9.17, 15) is 22.8 Å². The van der Waals surface area contributed by atoms with Crippen molar-refractivity contribution in [1.82, 2.24) is 20.3 Å². The highest BCUT2D eigenvalue weighted by atomic mass is 32.2. The molecule has 3 N–H and O–H groups in total. The summed E-state index contributed by atoms with van der Waals surface area (Å²) in [5.74, 6) is -1.87. The number of carbonyl (C=O) groups is 3. The molecule has 2 saturated carbocycles. The molecule has 6 rings (SSSR count). The number of benzene rings is 2. The number of carbonyl (C=O) groups excluding carboxylic acids is 3. The van der Waals surface area contributed by atoms with Gasteiger partial charge in [-0.3, -0.25) is 19.1 Å². The van der Waals surface area contributed by atoms with E-state index in [1.807, 2.05) is 32.9 Å². The van der Waals surface area contributed by atoms with Gasteiger partial charge in [0.05, 0.1) is 24.0 Å². The van der Waals surface area contributed by atoms with Gasteiger partial charge in [0.1, 0.15) is 11.6 Å². The zero-order valence-electron chi connectivity index (χ0n) is 29.6. The van der Waals surface area contributed by atoms with Gasteiger partial charge in [-0.05, 0) is 78.8 Å². The average Bonchev–Trinajstić information content (AvgIpc) is 4.00. The maximum Gasteiger partial charge on any atom is 0.259 e. The van der Waals surface area contributed by atoms with Crippen molar-refractivity contribution in [3.05, 3.63) is 72.3 Å². The van der Waals surface area contributed by atoms with Gasteiger partial charge in [0, 0.05) is 18.9 Å². The number of nitrogens with zero attached hydrogens (tertiary/aromatic N) is 1. The third-order valence-electron chi connectivity index (χ3n) is 10.6. The summed E-state index contributed by atoms with van der Waals surface area (Å²) < 4.78 is 34.0. The molecule has 3 fully saturated rings. The SMILES string of the molecule is C=C[C@H]1C[C@]1(NC(=O)[C@@H]1C[C@@H]2CN1C(=O)[C@H](C(C)(C)C)NCCCCCCc1cccc(c1)-c1cccc(c1)CO2)C(=O)NS(=O)(=O)C1CC1. The van der Waals surface area contributed by atoms with Crippen LogP contribution in [0.25, 0.3) is 11.1 Å². The molecular formula is C39H52N4O6S. The lowest BCUT2D eigenvalue weighted by Crippen LogP contribution is -2.59. The van der Waals surface area contributed by atoms with Crippen molar-refractivity contribution in [2.24, 2.45) is 11.3 Å². The van der Waals surface area contributed by atoms with Crippen LogP contribution in [0.15, 0.2) is 61.2 Å². The number of rotatable bonds is 6. The Hall–Kier alpha value is -3.54. The molecule has 3 amide bonds. The fourth-order valence-electron chi connectivity index (χ4n) is 7.37. The predicted molar refractivity (Wildman–Crippen MR) is 193 cm³/mol. The first-order chi connectivity index (χ1) is 23.8. The van der Waals surface area contributed by atoms with Crippen LogP contribution < -0.4 is 15.4 Å². The Morgan fingerprint density at radius 1 is 1.02 bits per heavy atom. The second-order valence-corrected chi connectivity index (χ2v) is 17.6. The molecule has 2 aliphatic heterocycles. The maximum atomic E-state index is 14.4. The molecule has 2 aromatic rings. The van der Waals surface area contributed by atoms with Crippen molar-refractivity contribution in [3.8, 4) is 11.1 Å². The Labute approximate surface area is 296 Å². The fraction of sp³-hybridized carbons (Fsp3) is 0.564. The summed E-state index contributed by atoms with van der Waals surface area (Å²) in [7, 11) is -3.82. The minimum Gasteiger partial charge on any atom is -0.372 e. The monoisotopic (exact) mass is 704 g/mol. The summed E-state index contributed by atoms with van der Waals surface area (Å²) in [5.41, 5.74) is 2.70. The van der Waals surface area contributed by atoms with Gasteiger partial charge in [-0.2, -0.15) is 0 Å². The highest BCUT2D eigenvalue weighted by Crippen LogP contribution is 2.45. The van der Waals surface area contributed by atoms with Crippen molar-refractivity contribution in [2.75, 3.05) is 13.1 Å². The van der Waals surface area contributed by atoms with Gasteiger partial charge in [0.25, 0.3) is 5.91 Å². The van der Waals surface area contributed by atoms with Crippen LogP contribution in [0.1, 0.15) is 83.3 Å². The molecule has 270 valence electrons. The first-order valence-electron chi connectivity index (χ1n) is 18.1. The first kappa shape index (κ1) is 36.3. The summed E-state index contributed by atoms with van der Waals surface area (Å²) in [6, 6.07) is 15.5. The standard InChI is InChI=1S/C39H52N4O6S/c1-5-30-23-39(30,37(46)42-50(47,48)32-17-18-32)41-35(44)33-22-31-24-43(33)36(45)34(38(2,3)4)40-19-9-7-6-8-12-26-13-10-15-28(20-26)29-16-11-14-27(21-29)25-49-31/h5,10-11,13-16,20-21,30-34,40H,1,6-9,12,17-19,22-25H2,2-4H3,(H,41,44)(H,42,46)/t30-,31+,33-,34+,39+/m0/s1. The van der Waals surface area contributed by atoms with E-state index in [1.165, 1.54) is 5.56 Å². The van der Waals surface area contributed by atoms with Crippen LogP contribution in [0.4, 0.5) is 0 Å². The number of hydrogen-bond acceptors (Lipinski definition) is 7. The topological polar surface area (TPSA) is 134 Å². The molecule has 10 nitrogen and oxygen atoms in total. The van der Waals surface area contributed by atoms with E-state index in [0.29, 0.717) is 26.0 Å². The quantitative estimate of drug-likeness (QED) is 0.374. The van der Waals surface area contributed by atoms with E-state index in [2.05, 4.69) is 58.3 Å². The molecule has 1 saturated heterocycles. The second kappa shape index (κ2) is 14.6. The summed E-state index contributed by atoms with van der Waals surface area (Å²) >= 11 is 0. The second-order valence-electron chi connectivity index (χ2n) is 15.7. The van der Waals surface area contributed by atoms with E-state index >= 15 is 0 Å². The largest absolute Gasteiger partial charge is 0.372 e. The number of fused-ring (bicyclic) bond motifs is 7. The number of sulfonamides is 1. The zero-order chi connectivity index (χ0) is 35.7. The molecule has 0 spiro atoms. The summed E-state index contributed by atoms with van der Waals surface area (Å²) in [6.07, 6.45) is 7.78. The van der Waals surface area contributed by atoms with Crippen molar-refractivity contribution in [3.63, 3.8) is 0 Å². The molecule has 2 aromatic carbocycles. The molecule has 50 heavy (non-hydrogen) atoms. The van der Waals surface area contributed by atoms with Gasteiger partial charge in [-0.1, -0.05) is 82.2 Å². The number of hydrogen-bond donors (Lipinski definition) is 3. The zero-order valence-corrected chi connectivity index (χ0v) is 30.4. The maximum absolute atomic E-state index is 14.4. The van der Waals surface area contributed by atoms with E-state index < -0.39 is 62.1 Å². The molecule has 4 aliphatic rings. The molecule has 5 atom stereocenters. The average molecular weight is 705 g/mol. The Kier molecular flexibility index (Phi) is 10.6. The molecule has 0 unspecified atom stereocenters. The van der Waals surface area contributed by atoms with Crippen LogP contribution in [0, 0.1) is 11.3 Å². The first-order valence-corrected chi connectivity index (χ1v) is 19.7. The van der Waals surface area contributed by atoms with Gasteiger partial charge >= 0.3 is 0 Å². The molecule has 2 aliphatic carbocycles. The lowest BCUT2D eigenvalue weighted by Gasteiger charge is -2.36. The summed E-state index contributed by atoms with van der Waals surface area (Å²) in [4.78, 5) is 43.6. The molecular weight excluding hydrogens is 653 g/mol. The molecule has 0 radical (unpaired) electrons. The molecule has 11 heteroatoms. The fourth-order valence-corrected chi connectivity index (χ4v) is 8.74. The van der Waals surface area contributed by atoms with E-state index in [-0.39, 0.29) is 25.3 Å². The van der Waals surface area contributed by atoms with Crippen molar-refractivity contribution >= 4 is 27.7 Å². The summed E-state index contributed by atoms with van der Waals surface area (Å²) in [6.45, 7) is 11.0. The number of aryl methyl sites for hydroxylation is 1. The lowest BCUT2D eigenvalue weighted by molar-refractivity contribution is -0.143. The van der Waals surface area contributed by atoms with E-state index in [1.54, 1.807) is 11.0 Å². The number of amides is 3. The number of ether oxygens (including phenoxy) is 1. The van der Waals surface area contributed by atoms with Crippen LogP contribution in [-0.4, -0.2) is 73.1 Å². The van der Waals surface area contributed by atoms with Crippen LogP contribution in [0.2, 0.25) is 0 Å². The van der Waals surface area contributed by atoms with Crippen molar-refractivity contribution < 1.29 is 27.5 Å². The molecule has 6 bridgehead atoms. The Balaban J connectivity index is 1.25. The smallest absolute Gasteiger partial charge is 0.259 e. The Morgan fingerprint density at radius 2 is 1.70 bits per heavy atom. The third-order valence-corrected chi connectivity index (χ3v) is 12.4. The van der Waals surface area contributed by atoms with Gasteiger partial charge in [0.2, 0.25) is 21.8 Å². The Bertz CT molecular complexity index is 1720. The molecule has 0 aromatic heterocycles. The van der Waals surface area contributed by atoms with Gasteiger partial charge < -0.3 is 20.3 Å². The number of nitrogens with one attached hydrogen (secondary N) is 3. The van der Waals surface area contributed by atoms with Crippen LogP contribution in [-0.2, 0) is 42.2 Å². The lowest BCUT2D eigenvalue weighted by atomic mass is 9.85. The third kappa shape index (κ3) is 8.16. The van der Waals surface area contributed by atoms with Crippen molar-refractivity contribution in [2.45, 2.75) is 114 Å². The highest BCUT2D eigenvalue weighted by molar-refractivity contribution is 7.91. The van der Waals surface area contributed by atoms with E-state index in [0.717, 1.165) is 48.8 Å².